The molecule has 0 aromatic carbocycles. The Morgan fingerprint density at radius 3 is 2.56 bits per heavy atom. The third-order valence-corrected chi connectivity index (χ3v) is 4.50. The predicted molar refractivity (Wildman–Crippen MR) is 69.4 cm³/mol. The Kier molecular flexibility index (Phi) is 3.91. The summed E-state index contributed by atoms with van der Waals surface area (Å²) in [5.41, 5.74) is 6.67. The lowest BCUT2D eigenvalue weighted by molar-refractivity contribution is 0.148. The van der Waals surface area contributed by atoms with Crippen LogP contribution in [0.25, 0.3) is 0 Å². The number of nitrogens with two attached hydrogens (primary N) is 1. The molecule has 2 rings (SSSR count). The van der Waals surface area contributed by atoms with Crippen LogP contribution in [0.15, 0.2) is 0 Å². The van der Waals surface area contributed by atoms with E-state index in [2.05, 4.69) is 18.7 Å². The molecule has 0 aliphatic heterocycles. The first kappa shape index (κ1) is 12.4. The SMILES string of the molecule is CCCN(CC1CC1)CC1(C)CCCC1N. The van der Waals surface area contributed by atoms with Gasteiger partial charge < -0.3 is 10.6 Å². The fourth-order valence-corrected chi connectivity index (χ4v) is 3.18. The average Bonchev–Trinajstić information content (AvgIpc) is 2.96. The number of rotatable bonds is 6. The van der Waals surface area contributed by atoms with E-state index < -0.39 is 0 Å². The van der Waals surface area contributed by atoms with Crippen LogP contribution in [-0.4, -0.2) is 30.6 Å². The van der Waals surface area contributed by atoms with Crippen LogP contribution >= 0.6 is 0 Å². The number of hydrogen-bond donors (Lipinski definition) is 1. The van der Waals surface area contributed by atoms with Gasteiger partial charge in [0.15, 0.2) is 0 Å². The monoisotopic (exact) mass is 224 g/mol. The lowest BCUT2D eigenvalue weighted by Crippen LogP contribution is -2.45. The molecule has 2 fully saturated rings. The van der Waals surface area contributed by atoms with Gasteiger partial charge >= 0.3 is 0 Å². The standard InChI is InChI=1S/C14H28N2/c1-3-9-16(10-12-6-7-12)11-14(2)8-4-5-13(14)15/h12-13H,3-11,15H2,1-2H3. The Labute approximate surface area is 101 Å². The van der Waals surface area contributed by atoms with E-state index in [9.17, 15) is 0 Å². The van der Waals surface area contributed by atoms with Gasteiger partial charge in [0.05, 0.1) is 0 Å². The lowest BCUT2D eigenvalue weighted by Gasteiger charge is -2.35. The Morgan fingerprint density at radius 2 is 2.06 bits per heavy atom. The normalized spacial score (nSPS) is 34.9. The third-order valence-electron chi connectivity index (χ3n) is 4.50. The summed E-state index contributed by atoms with van der Waals surface area (Å²) in [6.07, 6.45) is 8.10. The quantitative estimate of drug-likeness (QED) is 0.751. The van der Waals surface area contributed by atoms with Gasteiger partial charge in [0.2, 0.25) is 0 Å². The molecule has 0 bridgehead atoms. The fraction of sp³-hybridized carbons (Fsp3) is 1.00. The summed E-state index contributed by atoms with van der Waals surface area (Å²) in [5, 5.41) is 0. The van der Waals surface area contributed by atoms with Crippen molar-refractivity contribution in [3.8, 4) is 0 Å². The van der Waals surface area contributed by atoms with Crippen LogP contribution in [0.4, 0.5) is 0 Å². The summed E-state index contributed by atoms with van der Waals surface area (Å²) < 4.78 is 0. The third kappa shape index (κ3) is 2.98. The van der Waals surface area contributed by atoms with E-state index >= 15 is 0 Å². The zero-order chi connectivity index (χ0) is 11.6. The molecule has 2 aliphatic rings. The van der Waals surface area contributed by atoms with Crippen molar-refractivity contribution in [2.45, 2.75) is 58.4 Å². The van der Waals surface area contributed by atoms with Crippen molar-refractivity contribution in [3.63, 3.8) is 0 Å². The summed E-state index contributed by atoms with van der Waals surface area (Å²) in [6.45, 7) is 8.52. The Balaban J connectivity index is 1.87. The van der Waals surface area contributed by atoms with Gasteiger partial charge in [-0.05, 0) is 50.0 Å². The second-order valence-corrected chi connectivity index (χ2v) is 6.33. The first-order chi connectivity index (χ1) is 7.64. The van der Waals surface area contributed by atoms with Gasteiger partial charge in [-0.3, -0.25) is 0 Å². The van der Waals surface area contributed by atoms with E-state index in [1.165, 1.54) is 58.2 Å². The average molecular weight is 224 g/mol. The molecule has 2 saturated carbocycles. The van der Waals surface area contributed by atoms with Crippen molar-refractivity contribution >= 4 is 0 Å². The summed E-state index contributed by atoms with van der Waals surface area (Å²) in [5.74, 6) is 1.01. The molecular formula is C14H28N2. The predicted octanol–water partition coefficient (Wildman–Crippen LogP) is 2.63. The van der Waals surface area contributed by atoms with Gasteiger partial charge in [0.25, 0.3) is 0 Å². The molecule has 2 heteroatoms. The maximum atomic E-state index is 6.28. The highest BCUT2D eigenvalue weighted by atomic mass is 15.1. The topological polar surface area (TPSA) is 29.3 Å². The molecule has 0 aromatic rings. The van der Waals surface area contributed by atoms with Crippen LogP contribution in [0.3, 0.4) is 0 Å². The molecule has 0 amide bonds. The summed E-state index contributed by atoms with van der Waals surface area (Å²) in [4.78, 5) is 2.68. The molecule has 0 aromatic heterocycles. The van der Waals surface area contributed by atoms with E-state index in [0.29, 0.717) is 11.5 Å². The smallest absolute Gasteiger partial charge is 0.0105 e. The molecule has 2 atom stereocenters. The van der Waals surface area contributed by atoms with E-state index in [-0.39, 0.29) is 0 Å². The van der Waals surface area contributed by atoms with E-state index in [4.69, 9.17) is 5.73 Å². The van der Waals surface area contributed by atoms with Gasteiger partial charge in [0.1, 0.15) is 0 Å². The minimum Gasteiger partial charge on any atom is -0.327 e. The Bertz CT molecular complexity index is 225. The van der Waals surface area contributed by atoms with Crippen molar-refractivity contribution in [1.29, 1.82) is 0 Å². The molecule has 2 unspecified atom stereocenters. The maximum absolute atomic E-state index is 6.28. The second kappa shape index (κ2) is 5.05. The van der Waals surface area contributed by atoms with Crippen LogP contribution in [-0.2, 0) is 0 Å². The molecule has 2 nitrogen and oxygen atoms in total. The largest absolute Gasteiger partial charge is 0.327 e. The molecule has 0 radical (unpaired) electrons. The van der Waals surface area contributed by atoms with Crippen LogP contribution < -0.4 is 5.73 Å². The molecule has 2 aliphatic carbocycles. The van der Waals surface area contributed by atoms with Crippen LogP contribution in [0.5, 0.6) is 0 Å². The van der Waals surface area contributed by atoms with Gasteiger partial charge in [-0.25, -0.2) is 0 Å². The van der Waals surface area contributed by atoms with E-state index in [0.717, 1.165) is 5.92 Å². The van der Waals surface area contributed by atoms with Gasteiger partial charge in [0, 0.05) is 19.1 Å². The van der Waals surface area contributed by atoms with Gasteiger partial charge in [-0.2, -0.15) is 0 Å². The van der Waals surface area contributed by atoms with Crippen molar-refractivity contribution in [3.05, 3.63) is 0 Å². The Hall–Kier alpha value is -0.0800. The maximum Gasteiger partial charge on any atom is 0.0105 e. The second-order valence-electron chi connectivity index (χ2n) is 6.33. The number of hydrogen-bond acceptors (Lipinski definition) is 2. The van der Waals surface area contributed by atoms with Crippen molar-refractivity contribution in [2.75, 3.05) is 19.6 Å². The fourth-order valence-electron chi connectivity index (χ4n) is 3.18. The van der Waals surface area contributed by atoms with Crippen molar-refractivity contribution < 1.29 is 0 Å². The molecule has 0 spiro atoms. The first-order valence-electron chi connectivity index (χ1n) is 7.12. The van der Waals surface area contributed by atoms with Crippen LogP contribution in [0.2, 0.25) is 0 Å². The highest BCUT2D eigenvalue weighted by Crippen LogP contribution is 2.38. The molecule has 16 heavy (non-hydrogen) atoms. The molecule has 0 saturated heterocycles. The molecular weight excluding hydrogens is 196 g/mol. The lowest BCUT2D eigenvalue weighted by atomic mass is 9.84. The van der Waals surface area contributed by atoms with Gasteiger partial charge in [-0.15, -0.1) is 0 Å². The Morgan fingerprint density at radius 1 is 1.31 bits per heavy atom. The van der Waals surface area contributed by atoms with Gasteiger partial charge in [-0.1, -0.05) is 20.3 Å². The highest BCUT2D eigenvalue weighted by Gasteiger charge is 2.38. The molecule has 94 valence electrons. The highest BCUT2D eigenvalue weighted by molar-refractivity contribution is 4.94. The zero-order valence-corrected chi connectivity index (χ0v) is 11.0. The minimum atomic E-state index is 0.393. The first-order valence-corrected chi connectivity index (χ1v) is 7.12. The number of nitrogens with zero attached hydrogens (tertiary/aromatic N) is 1. The van der Waals surface area contributed by atoms with Crippen molar-refractivity contribution in [1.82, 2.24) is 4.90 Å². The molecule has 2 N–H and O–H groups in total. The van der Waals surface area contributed by atoms with E-state index in [1.54, 1.807) is 0 Å². The van der Waals surface area contributed by atoms with E-state index in [1.807, 2.05) is 0 Å². The zero-order valence-electron chi connectivity index (χ0n) is 11.0. The molecule has 0 heterocycles. The summed E-state index contributed by atoms with van der Waals surface area (Å²) in [6, 6.07) is 0.436. The van der Waals surface area contributed by atoms with Crippen LogP contribution in [0.1, 0.15) is 52.4 Å². The van der Waals surface area contributed by atoms with Crippen LogP contribution in [0, 0.1) is 11.3 Å². The summed E-state index contributed by atoms with van der Waals surface area (Å²) in [7, 11) is 0. The summed E-state index contributed by atoms with van der Waals surface area (Å²) >= 11 is 0. The minimum absolute atomic E-state index is 0.393. The van der Waals surface area contributed by atoms with Crippen molar-refractivity contribution in [2.24, 2.45) is 17.1 Å².